The van der Waals surface area contributed by atoms with Crippen molar-refractivity contribution in [2.45, 2.75) is 37.8 Å². The summed E-state index contributed by atoms with van der Waals surface area (Å²) in [5, 5.41) is 14.1. The van der Waals surface area contributed by atoms with Gasteiger partial charge in [-0.3, -0.25) is 10.1 Å². The first-order valence-electron chi connectivity index (χ1n) is 6.52. The molecule has 0 atom stereocenters. The summed E-state index contributed by atoms with van der Waals surface area (Å²) in [4.78, 5) is 21.2. The standard InChI is InChI=1S/C13H17N3O4/c14-13(17)20-10-7-5-9(6-8-10)15-11-3-1-2-4-12(11)16(18)19/h1-4,9-10,15H,5-8H2,(H2,14,17). The molecular formula is C13H17N3O4. The monoisotopic (exact) mass is 279 g/mol. The number of hydrogen-bond donors (Lipinski definition) is 2. The fourth-order valence-corrected chi connectivity index (χ4v) is 2.46. The number of benzene rings is 1. The molecule has 0 unspecified atom stereocenters. The molecule has 0 radical (unpaired) electrons. The SMILES string of the molecule is NC(=O)OC1CCC(Nc2ccccc2[N+](=O)[O-])CC1. The minimum atomic E-state index is -0.750. The van der Waals surface area contributed by atoms with E-state index >= 15 is 0 Å². The third-order valence-corrected chi connectivity index (χ3v) is 3.42. The predicted molar refractivity (Wildman–Crippen MR) is 73.4 cm³/mol. The van der Waals surface area contributed by atoms with E-state index in [1.807, 2.05) is 0 Å². The van der Waals surface area contributed by atoms with Crippen molar-refractivity contribution in [3.63, 3.8) is 0 Å². The smallest absolute Gasteiger partial charge is 0.404 e. The number of nitro groups is 1. The van der Waals surface area contributed by atoms with Gasteiger partial charge in [0.1, 0.15) is 11.8 Å². The van der Waals surface area contributed by atoms with Crippen LogP contribution in [0.4, 0.5) is 16.2 Å². The molecule has 1 amide bonds. The number of ether oxygens (including phenoxy) is 1. The number of primary amides is 1. The normalized spacial score (nSPS) is 22.0. The van der Waals surface area contributed by atoms with E-state index in [1.54, 1.807) is 18.2 Å². The van der Waals surface area contributed by atoms with E-state index in [-0.39, 0.29) is 17.8 Å². The number of rotatable bonds is 4. The van der Waals surface area contributed by atoms with Crippen LogP contribution in [0.1, 0.15) is 25.7 Å². The second kappa shape index (κ2) is 6.23. The van der Waals surface area contributed by atoms with Gasteiger partial charge in [-0.05, 0) is 31.7 Å². The Hall–Kier alpha value is -2.31. The lowest BCUT2D eigenvalue weighted by atomic mass is 9.92. The van der Waals surface area contributed by atoms with Crippen molar-refractivity contribution in [2.75, 3.05) is 5.32 Å². The molecule has 1 saturated carbocycles. The van der Waals surface area contributed by atoms with Gasteiger partial charge in [0.2, 0.25) is 0 Å². The van der Waals surface area contributed by atoms with Crippen LogP contribution in [0.3, 0.4) is 0 Å². The zero-order valence-electron chi connectivity index (χ0n) is 11.0. The molecule has 1 aliphatic carbocycles. The van der Waals surface area contributed by atoms with Gasteiger partial charge in [-0.25, -0.2) is 4.79 Å². The van der Waals surface area contributed by atoms with Crippen LogP contribution >= 0.6 is 0 Å². The Bertz CT molecular complexity index is 498. The molecule has 0 saturated heterocycles. The van der Waals surface area contributed by atoms with E-state index in [1.165, 1.54) is 6.07 Å². The van der Waals surface area contributed by atoms with Gasteiger partial charge in [0.15, 0.2) is 0 Å². The zero-order valence-corrected chi connectivity index (χ0v) is 11.0. The van der Waals surface area contributed by atoms with Gasteiger partial charge in [0, 0.05) is 12.1 Å². The largest absolute Gasteiger partial charge is 0.446 e. The van der Waals surface area contributed by atoms with Crippen molar-refractivity contribution in [3.05, 3.63) is 34.4 Å². The molecule has 0 heterocycles. The number of amides is 1. The van der Waals surface area contributed by atoms with Crippen LogP contribution in [0, 0.1) is 10.1 Å². The van der Waals surface area contributed by atoms with Gasteiger partial charge in [-0.1, -0.05) is 12.1 Å². The molecule has 0 spiro atoms. The Balaban J connectivity index is 1.93. The van der Waals surface area contributed by atoms with Crippen LogP contribution in [-0.4, -0.2) is 23.2 Å². The molecule has 1 aromatic rings. The molecule has 1 fully saturated rings. The fraction of sp³-hybridized carbons (Fsp3) is 0.462. The fourth-order valence-electron chi connectivity index (χ4n) is 2.46. The summed E-state index contributed by atoms with van der Waals surface area (Å²) in [6.45, 7) is 0. The van der Waals surface area contributed by atoms with E-state index in [2.05, 4.69) is 5.32 Å². The van der Waals surface area contributed by atoms with E-state index in [0.29, 0.717) is 18.5 Å². The highest BCUT2D eigenvalue weighted by Crippen LogP contribution is 2.28. The molecule has 0 bridgehead atoms. The van der Waals surface area contributed by atoms with Gasteiger partial charge in [0.25, 0.3) is 5.69 Å². The second-order valence-corrected chi connectivity index (χ2v) is 4.83. The molecule has 1 aromatic carbocycles. The van der Waals surface area contributed by atoms with E-state index in [4.69, 9.17) is 10.5 Å². The molecule has 2 rings (SSSR count). The lowest BCUT2D eigenvalue weighted by Crippen LogP contribution is -2.32. The molecule has 7 heteroatoms. The zero-order chi connectivity index (χ0) is 14.5. The van der Waals surface area contributed by atoms with Crippen molar-refractivity contribution in [2.24, 2.45) is 5.73 Å². The summed E-state index contributed by atoms with van der Waals surface area (Å²) < 4.78 is 4.95. The summed E-state index contributed by atoms with van der Waals surface area (Å²) in [6.07, 6.45) is 2.09. The quantitative estimate of drug-likeness (QED) is 0.650. The number of nitro benzene ring substituents is 1. The maximum absolute atomic E-state index is 10.9. The van der Waals surface area contributed by atoms with Crippen LogP contribution in [0.15, 0.2) is 24.3 Å². The summed E-state index contributed by atoms with van der Waals surface area (Å²) >= 11 is 0. The number of carbonyl (C=O) groups excluding carboxylic acids is 1. The number of nitrogens with zero attached hydrogens (tertiary/aromatic N) is 1. The second-order valence-electron chi connectivity index (χ2n) is 4.83. The van der Waals surface area contributed by atoms with Gasteiger partial charge < -0.3 is 15.8 Å². The Kier molecular flexibility index (Phi) is 4.39. The van der Waals surface area contributed by atoms with Crippen molar-refractivity contribution < 1.29 is 14.5 Å². The first kappa shape index (κ1) is 14.1. The summed E-state index contributed by atoms with van der Waals surface area (Å²) in [7, 11) is 0. The van der Waals surface area contributed by atoms with Crippen LogP contribution < -0.4 is 11.1 Å². The molecule has 108 valence electrons. The van der Waals surface area contributed by atoms with Crippen LogP contribution in [0.25, 0.3) is 0 Å². The highest BCUT2D eigenvalue weighted by atomic mass is 16.6. The minimum absolute atomic E-state index is 0.0722. The predicted octanol–water partition coefficient (Wildman–Crippen LogP) is 2.41. The van der Waals surface area contributed by atoms with Crippen LogP contribution in [-0.2, 0) is 4.74 Å². The van der Waals surface area contributed by atoms with Crippen LogP contribution in [0.2, 0.25) is 0 Å². The summed E-state index contributed by atoms with van der Waals surface area (Å²) in [5.74, 6) is 0. The van der Waals surface area contributed by atoms with Gasteiger partial charge in [-0.15, -0.1) is 0 Å². The van der Waals surface area contributed by atoms with Crippen molar-refractivity contribution in [3.8, 4) is 0 Å². The maximum Gasteiger partial charge on any atom is 0.404 e. The average molecular weight is 279 g/mol. The van der Waals surface area contributed by atoms with Gasteiger partial charge >= 0.3 is 6.09 Å². The Morgan fingerprint density at radius 2 is 1.95 bits per heavy atom. The van der Waals surface area contributed by atoms with Gasteiger partial charge in [0.05, 0.1) is 4.92 Å². The number of nitrogens with one attached hydrogen (secondary N) is 1. The maximum atomic E-state index is 10.9. The molecule has 3 N–H and O–H groups in total. The number of carbonyl (C=O) groups is 1. The topological polar surface area (TPSA) is 107 Å². The summed E-state index contributed by atoms with van der Waals surface area (Å²) in [6, 6.07) is 6.72. The molecule has 7 nitrogen and oxygen atoms in total. The van der Waals surface area contributed by atoms with E-state index in [9.17, 15) is 14.9 Å². The van der Waals surface area contributed by atoms with Crippen molar-refractivity contribution in [1.82, 2.24) is 0 Å². The Morgan fingerprint density at radius 1 is 1.30 bits per heavy atom. The van der Waals surface area contributed by atoms with Crippen molar-refractivity contribution in [1.29, 1.82) is 0 Å². The minimum Gasteiger partial charge on any atom is -0.446 e. The third kappa shape index (κ3) is 3.59. The Labute approximate surface area is 116 Å². The molecule has 1 aliphatic rings. The molecular weight excluding hydrogens is 262 g/mol. The lowest BCUT2D eigenvalue weighted by molar-refractivity contribution is -0.384. The van der Waals surface area contributed by atoms with E-state index in [0.717, 1.165) is 12.8 Å². The number of nitrogens with two attached hydrogens (primary N) is 1. The highest BCUT2D eigenvalue weighted by molar-refractivity contribution is 5.64. The highest BCUT2D eigenvalue weighted by Gasteiger charge is 2.24. The molecule has 0 aromatic heterocycles. The molecule has 20 heavy (non-hydrogen) atoms. The first-order valence-corrected chi connectivity index (χ1v) is 6.52. The van der Waals surface area contributed by atoms with Gasteiger partial charge in [-0.2, -0.15) is 0 Å². The van der Waals surface area contributed by atoms with E-state index < -0.39 is 11.0 Å². The van der Waals surface area contributed by atoms with Crippen LogP contribution in [0.5, 0.6) is 0 Å². The summed E-state index contributed by atoms with van der Waals surface area (Å²) in [5.41, 5.74) is 5.58. The number of hydrogen-bond acceptors (Lipinski definition) is 5. The number of para-hydroxylation sites is 2. The number of anilines is 1. The first-order chi connectivity index (χ1) is 9.56. The molecule has 0 aliphatic heterocycles. The van der Waals surface area contributed by atoms with Crippen molar-refractivity contribution >= 4 is 17.5 Å². The average Bonchev–Trinajstić information content (AvgIpc) is 2.41. The lowest BCUT2D eigenvalue weighted by Gasteiger charge is -2.28. The third-order valence-electron chi connectivity index (χ3n) is 3.42. The Morgan fingerprint density at radius 3 is 2.55 bits per heavy atom.